The maximum atomic E-state index is 9.66. The van der Waals surface area contributed by atoms with Gasteiger partial charge in [-0.1, -0.05) is 18.2 Å². The van der Waals surface area contributed by atoms with Gasteiger partial charge < -0.3 is 10.4 Å². The van der Waals surface area contributed by atoms with E-state index in [0.29, 0.717) is 0 Å². The molecule has 0 aliphatic heterocycles. The fraction of sp³-hybridized carbons (Fsp3) is 0.308. The van der Waals surface area contributed by atoms with E-state index < -0.39 is 6.10 Å². The van der Waals surface area contributed by atoms with Crippen LogP contribution in [0.4, 0.5) is 5.69 Å². The molecule has 4 heteroatoms. The summed E-state index contributed by atoms with van der Waals surface area (Å²) in [5.74, 6) is 0. The van der Waals surface area contributed by atoms with Gasteiger partial charge in [-0.25, -0.2) is 4.98 Å². The molecule has 0 saturated carbocycles. The first-order valence-electron chi connectivity index (χ1n) is 5.59. The lowest BCUT2D eigenvalue weighted by Crippen LogP contribution is -2.03. The highest BCUT2D eigenvalue weighted by Crippen LogP contribution is 2.23. The van der Waals surface area contributed by atoms with Crippen molar-refractivity contribution in [2.24, 2.45) is 0 Å². The van der Waals surface area contributed by atoms with Crippen molar-refractivity contribution in [3.05, 3.63) is 45.9 Å². The summed E-state index contributed by atoms with van der Waals surface area (Å²) in [4.78, 5) is 5.41. The van der Waals surface area contributed by atoms with Gasteiger partial charge in [0.25, 0.3) is 0 Å². The van der Waals surface area contributed by atoms with Crippen LogP contribution in [0, 0.1) is 6.92 Å². The highest BCUT2D eigenvalue weighted by Gasteiger charge is 2.07. The number of aliphatic hydroxyl groups excluding tert-OH is 1. The minimum atomic E-state index is -0.457. The van der Waals surface area contributed by atoms with E-state index in [1.54, 1.807) is 18.3 Å². The van der Waals surface area contributed by atoms with Gasteiger partial charge in [-0.15, -0.1) is 11.3 Å². The fourth-order valence-electron chi connectivity index (χ4n) is 1.69. The van der Waals surface area contributed by atoms with Crippen LogP contribution in [0.2, 0.25) is 0 Å². The molecular weight excluding hydrogens is 232 g/mol. The number of aryl methyl sites for hydroxylation is 1. The molecule has 0 fully saturated rings. The molecule has 1 aromatic heterocycles. The number of aromatic nitrogens is 1. The van der Waals surface area contributed by atoms with Crippen LogP contribution in [-0.4, -0.2) is 10.1 Å². The fourth-order valence-corrected chi connectivity index (χ4v) is 2.43. The summed E-state index contributed by atoms with van der Waals surface area (Å²) >= 11 is 1.69. The van der Waals surface area contributed by atoms with Gasteiger partial charge in [0.15, 0.2) is 0 Å². The summed E-state index contributed by atoms with van der Waals surface area (Å²) in [6.07, 6.45) is 1.43. The zero-order valence-corrected chi connectivity index (χ0v) is 10.8. The predicted molar refractivity (Wildman–Crippen MR) is 71.3 cm³/mol. The molecule has 0 aliphatic carbocycles. The van der Waals surface area contributed by atoms with Crippen LogP contribution >= 0.6 is 11.3 Å². The summed E-state index contributed by atoms with van der Waals surface area (Å²) in [6.45, 7) is 4.52. The second-order valence-electron chi connectivity index (χ2n) is 3.96. The van der Waals surface area contributed by atoms with Gasteiger partial charge in [0.05, 0.1) is 17.7 Å². The maximum absolute atomic E-state index is 9.66. The number of nitrogens with one attached hydrogen (secondary N) is 1. The summed E-state index contributed by atoms with van der Waals surface area (Å²) in [6, 6.07) is 7.82. The Morgan fingerprint density at radius 3 is 2.82 bits per heavy atom. The Hall–Kier alpha value is -1.39. The van der Waals surface area contributed by atoms with Crippen molar-refractivity contribution in [2.45, 2.75) is 26.5 Å². The standard InChI is InChI=1S/C13H16N2OS/c1-9(16)12-5-3-4-6-13(12)15-8-11-7-14-10(2)17-11/h3-7,9,15-16H,8H2,1-2H3. The second kappa shape index (κ2) is 5.29. The summed E-state index contributed by atoms with van der Waals surface area (Å²) < 4.78 is 0. The van der Waals surface area contributed by atoms with E-state index in [9.17, 15) is 5.11 Å². The maximum Gasteiger partial charge on any atom is 0.0897 e. The second-order valence-corrected chi connectivity index (χ2v) is 5.28. The van der Waals surface area contributed by atoms with Crippen molar-refractivity contribution in [3.63, 3.8) is 0 Å². The Morgan fingerprint density at radius 2 is 2.18 bits per heavy atom. The zero-order valence-electron chi connectivity index (χ0n) is 9.97. The monoisotopic (exact) mass is 248 g/mol. The summed E-state index contributed by atoms with van der Waals surface area (Å²) in [5.41, 5.74) is 1.90. The molecule has 1 heterocycles. The number of para-hydroxylation sites is 1. The van der Waals surface area contributed by atoms with Gasteiger partial charge >= 0.3 is 0 Å². The lowest BCUT2D eigenvalue weighted by atomic mass is 10.1. The molecule has 1 unspecified atom stereocenters. The van der Waals surface area contributed by atoms with Gasteiger partial charge in [-0.2, -0.15) is 0 Å². The quantitative estimate of drug-likeness (QED) is 0.873. The van der Waals surface area contributed by atoms with E-state index in [-0.39, 0.29) is 0 Å². The number of rotatable bonds is 4. The largest absolute Gasteiger partial charge is 0.389 e. The first kappa shape index (κ1) is 12.1. The van der Waals surface area contributed by atoms with Gasteiger partial charge in [0, 0.05) is 22.3 Å². The van der Waals surface area contributed by atoms with E-state index in [1.807, 2.05) is 37.4 Å². The Morgan fingerprint density at radius 1 is 1.41 bits per heavy atom. The average Bonchev–Trinajstić information content (AvgIpc) is 2.73. The van der Waals surface area contributed by atoms with Crippen molar-refractivity contribution in [1.29, 1.82) is 0 Å². The number of benzene rings is 1. The first-order chi connectivity index (χ1) is 8.16. The number of nitrogens with zero attached hydrogens (tertiary/aromatic N) is 1. The van der Waals surface area contributed by atoms with E-state index in [1.165, 1.54) is 4.88 Å². The van der Waals surface area contributed by atoms with Crippen LogP contribution in [0.25, 0.3) is 0 Å². The molecule has 3 nitrogen and oxygen atoms in total. The van der Waals surface area contributed by atoms with Crippen molar-refractivity contribution in [2.75, 3.05) is 5.32 Å². The first-order valence-corrected chi connectivity index (χ1v) is 6.40. The number of thiazole rings is 1. The molecule has 0 radical (unpaired) electrons. The Bertz CT molecular complexity index is 494. The van der Waals surface area contributed by atoms with E-state index in [2.05, 4.69) is 10.3 Å². The number of hydrogen-bond donors (Lipinski definition) is 2. The third-order valence-electron chi connectivity index (χ3n) is 2.53. The molecular formula is C13H16N2OS. The molecule has 2 N–H and O–H groups in total. The number of anilines is 1. The van der Waals surface area contributed by atoms with E-state index in [4.69, 9.17) is 0 Å². The molecule has 2 aromatic rings. The Labute approximate surface area is 105 Å². The molecule has 0 aliphatic rings. The summed E-state index contributed by atoms with van der Waals surface area (Å²) in [7, 11) is 0. The van der Waals surface area contributed by atoms with Crippen LogP contribution in [-0.2, 0) is 6.54 Å². The summed E-state index contributed by atoms with van der Waals surface area (Å²) in [5, 5.41) is 14.1. The van der Waals surface area contributed by atoms with Crippen molar-refractivity contribution in [1.82, 2.24) is 4.98 Å². The van der Waals surface area contributed by atoms with Gasteiger partial charge in [-0.3, -0.25) is 0 Å². The molecule has 2 rings (SSSR count). The molecule has 0 saturated heterocycles. The molecule has 17 heavy (non-hydrogen) atoms. The Balaban J connectivity index is 2.08. The predicted octanol–water partition coefficient (Wildman–Crippen LogP) is 3.12. The lowest BCUT2D eigenvalue weighted by molar-refractivity contribution is 0.200. The van der Waals surface area contributed by atoms with Gasteiger partial charge in [0.1, 0.15) is 0 Å². The van der Waals surface area contributed by atoms with Crippen LogP contribution in [0.1, 0.15) is 28.5 Å². The van der Waals surface area contributed by atoms with Crippen LogP contribution < -0.4 is 5.32 Å². The van der Waals surface area contributed by atoms with Crippen LogP contribution in [0.3, 0.4) is 0 Å². The van der Waals surface area contributed by atoms with Crippen molar-refractivity contribution >= 4 is 17.0 Å². The topological polar surface area (TPSA) is 45.2 Å². The minimum absolute atomic E-state index is 0.457. The molecule has 90 valence electrons. The van der Waals surface area contributed by atoms with Gasteiger partial charge in [-0.05, 0) is 19.9 Å². The smallest absolute Gasteiger partial charge is 0.0897 e. The molecule has 0 amide bonds. The van der Waals surface area contributed by atoms with Crippen molar-refractivity contribution in [3.8, 4) is 0 Å². The van der Waals surface area contributed by atoms with E-state index >= 15 is 0 Å². The number of hydrogen-bond acceptors (Lipinski definition) is 4. The van der Waals surface area contributed by atoms with Crippen LogP contribution in [0.15, 0.2) is 30.5 Å². The highest BCUT2D eigenvalue weighted by atomic mass is 32.1. The lowest BCUT2D eigenvalue weighted by Gasteiger charge is -2.13. The Kier molecular flexibility index (Phi) is 3.76. The molecule has 0 spiro atoms. The van der Waals surface area contributed by atoms with E-state index in [0.717, 1.165) is 22.8 Å². The zero-order chi connectivity index (χ0) is 12.3. The van der Waals surface area contributed by atoms with Crippen LogP contribution in [0.5, 0.6) is 0 Å². The number of aliphatic hydroxyl groups is 1. The highest BCUT2D eigenvalue weighted by molar-refractivity contribution is 7.11. The molecule has 1 atom stereocenters. The minimum Gasteiger partial charge on any atom is -0.389 e. The normalized spacial score (nSPS) is 12.4. The van der Waals surface area contributed by atoms with Gasteiger partial charge in [0.2, 0.25) is 0 Å². The third-order valence-corrected chi connectivity index (χ3v) is 3.45. The third kappa shape index (κ3) is 3.05. The molecule has 1 aromatic carbocycles. The van der Waals surface area contributed by atoms with Crippen molar-refractivity contribution < 1.29 is 5.11 Å². The average molecular weight is 248 g/mol. The molecule has 0 bridgehead atoms. The SMILES string of the molecule is Cc1ncc(CNc2ccccc2C(C)O)s1.